The first-order valence-corrected chi connectivity index (χ1v) is 10.2. The van der Waals surface area contributed by atoms with Crippen molar-refractivity contribution < 1.29 is 14.3 Å². The average molecular weight is 404 g/mol. The smallest absolute Gasteiger partial charge is 0.409 e. The number of nitrogens with zero attached hydrogens (tertiary/aromatic N) is 4. The summed E-state index contributed by atoms with van der Waals surface area (Å²) in [5, 5.41) is 12.2. The maximum absolute atomic E-state index is 12.3. The van der Waals surface area contributed by atoms with E-state index in [-0.39, 0.29) is 12.0 Å². The van der Waals surface area contributed by atoms with Gasteiger partial charge in [-0.25, -0.2) is 4.79 Å². The first-order valence-electron chi connectivity index (χ1n) is 9.35. The monoisotopic (exact) mass is 403 g/mol. The second kappa shape index (κ2) is 9.61. The van der Waals surface area contributed by atoms with Gasteiger partial charge in [-0.2, -0.15) is 0 Å². The molecule has 1 N–H and O–H groups in total. The van der Waals surface area contributed by atoms with E-state index in [2.05, 4.69) is 20.4 Å². The zero-order valence-electron chi connectivity index (χ0n) is 16.2. The number of piperazine rings is 1. The molecule has 8 nitrogen and oxygen atoms in total. The lowest BCUT2D eigenvalue weighted by Gasteiger charge is -2.33. The second-order valence-corrected chi connectivity index (χ2v) is 7.69. The number of benzene rings is 1. The molecule has 2 heterocycles. The molecule has 0 unspecified atom stereocenters. The van der Waals surface area contributed by atoms with E-state index in [1.165, 1.54) is 16.9 Å². The number of ether oxygens (including phenoxy) is 1. The highest BCUT2D eigenvalue weighted by molar-refractivity contribution is 7.13. The van der Waals surface area contributed by atoms with Gasteiger partial charge in [-0.3, -0.25) is 9.69 Å². The van der Waals surface area contributed by atoms with Gasteiger partial charge in [-0.15, -0.1) is 10.2 Å². The summed E-state index contributed by atoms with van der Waals surface area (Å²) in [4.78, 5) is 27.9. The molecule has 0 spiro atoms. The number of amides is 2. The maximum atomic E-state index is 12.3. The van der Waals surface area contributed by atoms with Gasteiger partial charge in [0.15, 0.2) is 0 Å². The van der Waals surface area contributed by atoms with Crippen LogP contribution in [-0.4, -0.2) is 64.8 Å². The molecular formula is C19H25N5O3S. The van der Waals surface area contributed by atoms with Crippen molar-refractivity contribution in [2.75, 3.05) is 32.8 Å². The van der Waals surface area contributed by atoms with E-state index in [0.29, 0.717) is 37.8 Å². The Labute approximate surface area is 168 Å². The van der Waals surface area contributed by atoms with E-state index in [1.54, 1.807) is 11.8 Å². The predicted molar refractivity (Wildman–Crippen MR) is 106 cm³/mol. The Kier molecular flexibility index (Phi) is 6.94. The summed E-state index contributed by atoms with van der Waals surface area (Å²) in [7, 11) is 0. The third kappa shape index (κ3) is 5.49. The average Bonchev–Trinajstić information content (AvgIpc) is 3.16. The van der Waals surface area contributed by atoms with Gasteiger partial charge in [0.05, 0.1) is 13.2 Å². The number of hydrogen-bond acceptors (Lipinski definition) is 7. The van der Waals surface area contributed by atoms with Crippen molar-refractivity contribution in [1.82, 2.24) is 25.3 Å². The molecule has 3 rings (SSSR count). The predicted octanol–water partition coefficient (Wildman–Crippen LogP) is 2.05. The van der Waals surface area contributed by atoms with Crippen molar-refractivity contribution in [1.29, 1.82) is 0 Å². The highest BCUT2D eigenvalue weighted by Gasteiger charge is 2.23. The lowest BCUT2D eigenvalue weighted by molar-refractivity contribution is 0.0777. The molecule has 9 heteroatoms. The van der Waals surface area contributed by atoms with Gasteiger partial charge in [0.1, 0.15) is 5.01 Å². The first-order chi connectivity index (χ1) is 13.5. The maximum Gasteiger partial charge on any atom is 0.409 e. The van der Waals surface area contributed by atoms with Crippen molar-refractivity contribution in [2.24, 2.45) is 0 Å². The summed E-state index contributed by atoms with van der Waals surface area (Å²) in [5.41, 5.74) is 2.23. The molecule has 1 aliphatic rings. The molecule has 0 saturated carbocycles. The van der Waals surface area contributed by atoms with E-state index in [4.69, 9.17) is 4.74 Å². The second-order valence-electron chi connectivity index (χ2n) is 6.63. The van der Waals surface area contributed by atoms with Crippen LogP contribution in [0, 0.1) is 6.92 Å². The minimum atomic E-state index is -0.259. The third-order valence-electron chi connectivity index (χ3n) is 4.49. The topological polar surface area (TPSA) is 87.7 Å². The van der Waals surface area contributed by atoms with Crippen molar-refractivity contribution in [2.45, 2.75) is 26.9 Å². The van der Waals surface area contributed by atoms with Crippen molar-refractivity contribution in [3.63, 3.8) is 0 Å². The number of nitrogens with one attached hydrogen (secondary N) is 1. The van der Waals surface area contributed by atoms with Gasteiger partial charge in [0.2, 0.25) is 5.01 Å². The van der Waals surface area contributed by atoms with Crippen molar-refractivity contribution in [3.05, 3.63) is 45.4 Å². The van der Waals surface area contributed by atoms with Gasteiger partial charge in [0, 0.05) is 32.7 Å². The van der Waals surface area contributed by atoms with Crippen LogP contribution < -0.4 is 5.32 Å². The largest absolute Gasteiger partial charge is 0.450 e. The molecular weight excluding hydrogens is 378 g/mol. The van der Waals surface area contributed by atoms with Crippen LogP contribution in [0.5, 0.6) is 0 Å². The molecule has 1 aromatic heterocycles. The zero-order valence-corrected chi connectivity index (χ0v) is 17.0. The Bertz CT molecular complexity index is 800. The number of hydrogen-bond donors (Lipinski definition) is 1. The van der Waals surface area contributed by atoms with Crippen molar-refractivity contribution in [3.8, 4) is 0 Å². The minimum Gasteiger partial charge on any atom is -0.450 e. The summed E-state index contributed by atoms with van der Waals surface area (Å²) in [5.74, 6) is -0.212. The lowest BCUT2D eigenvalue weighted by atomic mass is 10.1. The number of rotatable bonds is 6. The highest BCUT2D eigenvalue weighted by Crippen LogP contribution is 2.14. The first kappa shape index (κ1) is 20.2. The fourth-order valence-electron chi connectivity index (χ4n) is 2.87. The summed E-state index contributed by atoms with van der Waals surface area (Å²) in [6.07, 6.45) is -0.259. The van der Waals surface area contributed by atoms with Gasteiger partial charge in [0.25, 0.3) is 5.91 Å². The number of carbonyl (C=O) groups is 2. The van der Waals surface area contributed by atoms with Crippen LogP contribution >= 0.6 is 11.3 Å². The molecule has 28 heavy (non-hydrogen) atoms. The summed E-state index contributed by atoms with van der Waals surface area (Å²) < 4.78 is 5.03. The molecule has 1 aliphatic heterocycles. The zero-order chi connectivity index (χ0) is 19.9. The van der Waals surface area contributed by atoms with Crippen LogP contribution in [0.15, 0.2) is 24.3 Å². The van der Waals surface area contributed by atoms with Crippen LogP contribution in [0.25, 0.3) is 0 Å². The molecule has 0 bridgehead atoms. The molecule has 2 amide bonds. The molecule has 0 atom stereocenters. The van der Waals surface area contributed by atoms with Crippen LogP contribution in [0.3, 0.4) is 0 Å². The fraction of sp³-hybridized carbons (Fsp3) is 0.474. The third-order valence-corrected chi connectivity index (χ3v) is 5.40. The van der Waals surface area contributed by atoms with Crippen LogP contribution in [-0.2, 0) is 17.8 Å². The van der Waals surface area contributed by atoms with Gasteiger partial charge in [-0.05, 0) is 19.4 Å². The summed E-state index contributed by atoms with van der Waals surface area (Å²) in [6, 6.07) is 8.03. The molecule has 1 saturated heterocycles. The normalized spacial score (nSPS) is 14.7. The summed E-state index contributed by atoms with van der Waals surface area (Å²) in [6.45, 7) is 8.05. The fourth-order valence-corrected chi connectivity index (χ4v) is 3.67. The van der Waals surface area contributed by atoms with Crippen LogP contribution in [0.2, 0.25) is 0 Å². The van der Waals surface area contributed by atoms with Gasteiger partial charge in [-0.1, -0.05) is 41.2 Å². The Morgan fingerprint density at radius 2 is 1.86 bits per heavy atom. The minimum absolute atomic E-state index is 0.212. The molecule has 150 valence electrons. The van der Waals surface area contributed by atoms with Crippen LogP contribution in [0.4, 0.5) is 4.79 Å². The number of aryl methyl sites for hydroxylation is 1. The Morgan fingerprint density at radius 3 is 2.54 bits per heavy atom. The summed E-state index contributed by atoms with van der Waals surface area (Å²) >= 11 is 1.31. The standard InChI is InChI=1S/C19H25N5O3S/c1-3-27-19(26)24-10-8-23(9-11-24)13-16-21-22-18(28-16)17(25)20-12-15-6-4-14(2)5-7-15/h4-7H,3,8-13H2,1-2H3,(H,20,25). The highest BCUT2D eigenvalue weighted by atomic mass is 32.1. The van der Waals surface area contributed by atoms with E-state index in [0.717, 1.165) is 23.7 Å². The van der Waals surface area contributed by atoms with E-state index < -0.39 is 0 Å². The molecule has 1 fully saturated rings. The number of carbonyl (C=O) groups excluding carboxylic acids is 2. The Morgan fingerprint density at radius 1 is 1.14 bits per heavy atom. The Hall–Kier alpha value is -2.52. The van der Waals surface area contributed by atoms with E-state index >= 15 is 0 Å². The Balaban J connectivity index is 1.45. The molecule has 2 aromatic rings. The number of aromatic nitrogens is 2. The van der Waals surface area contributed by atoms with Crippen molar-refractivity contribution >= 4 is 23.3 Å². The quantitative estimate of drug-likeness (QED) is 0.794. The van der Waals surface area contributed by atoms with E-state index in [9.17, 15) is 9.59 Å². The van der Waals surface area contributed by atoms with E-state index in [1.807, 2.05) is 31.2 Å². The molecule has 0 radical (unpaired) electrons. The molecule has 1 aromatic carbocycles. The SMILES string of the molecule is CCOC(=O)N1CCN(Cc2nnc(C(=O)NCc3ccc(C)cc3)s2)CC1. The lowest BCUT2D eigenvalue weighted by Crippen LogP contribution is -2.48. The van der Waals surface area contributed by atoms with Gasteiger partial charge < -0.3 is 15.0 Å². The van der Waals surface area contributed by atoms with Gasteiger partial charge >= 0.3 is 6.09 Å². The van der Waals surface area contributed by atoms with Crippen LogP contribution in [0.1, 0.15) is 32.9 Å². The molecule has 0 aliphatic carbocycles.